The minimum atomic E-state index is 0.323. The summed E-state index contributed by atoms with van der Waals surface area (Å²) in [4.78, 5) is 4.43. The number of pyridine rings is 1. The molecule has 0 spiro atoms. The Bertz CT molecular complexity index is 614. The minimum absolute atomic E-state index is 0.323. The third-order valence-corrected chi connectivity index (χ3v) is 2.83. The SMILES string of the molecule is Cc1cccc(CNc2ccc(N)c(CC#N)c2)n1. The van der Waals surface area contributed by atoms with Crippen molar-refractivity contribution in [3.8, 4) is 6.07 Å². The molecule has 0 amide bonds. The highest BCUT2D eigenvalue weighted by atomic mass is 14.9. The van der Waals surface area contributed by atoms with E-state index < -0.39 is 0 Å². The number of nitrogen functional groups attached to an aromatic ring is 1. The average Bonchev–Trinajstić information content (AvgIpc) is 2.40. The van der Waals surface area contributed by atoms with E-state index in [4.69, 9.17) is 11.0 Å². The summed E-state index contributed by atoms with van der Waals surface area (Å²) in [5, 5.41) is 12.0. The van der Waals surface area contributed by atoms with Crippen LogP contribution in [-0.2, 0) is 13.0 Å². The van der Waals surface area contributed by atoms with Crippen molar-refractivity contribution in [1.29, 1.82) is 5.26 Å². The second-order valence-corrected chi connectivity index (χ2v) is 4.37. The van der Waals surface area contributed by atoms with E-state index in [-0.39, 0.29) is 0 Å². The van der Waals surface area contributed by atoms with Crippen molar-refractivity contribution in [2.24, 2.45) is 0 Å². The summed E-state index contributed by atoms with van der Waals surface area (Å²) < 4.78 is 0. The largest absolute Gasteiger partial charge is 0.398 e. The number of aromatic nitrogens is 1. The first-order valence-electron chi connectivity index (χ1n) is 6.11. The van der Waals surface area contributed by atoms with Crippen LogP contribution in [0.1, 0.15) is 17.0 Å². The Kier molecular flexibility index (Phi) is 3.99. The fraction of sp³-hybridized carbons (Fsp3) is 0.200. The van der Waals surface area contributed by atoms with Crippen LogP contribution in [0.15, 0.2) is 36.4 Å². The number of nitriles is 1. The van der Waals surface area contributed by atoms with Gasteiger partial charge in [-0.05, 0) is 42.8 Å². The molecule has 0 radical (unpaired) electrons. The number of nitrogens with one attached hydrogen (secondary N) is 1. The monoisotopic (exact) mass is 252 g/mol. The quantitative estimate of drug-likeness (QED) is 0.820. The van der Waals surface area contributed by atoms with Crippen molar-refractivity contribution in [1.82, 2.24) is 4.98 Å². The van der Waals surface area contributed by atoms with Crippen LogP contribution in [0, 0.1) is 18.3 Å². The lowest BCUT2D eigenvalue weighted by molar-refractivity contribution is 1.01. The summed E-state index contributed by atoms with van der Waals surface area (Å²) in [6.45, 7) is 2.62. The van der Waals surface area contributed by atoms with Crippen LogP contribution in [0.3, 0.4) is 0 Å². The number of benzene rings is 1. The van der Waals surface area contributed by atoms with Crippen LogP contribution in [0.5, 0.6) is 0 Å². The van der Waals surface area contributed by atoms with E-state index in [1.807, 2.05) is 43.3 Å². The highest BCUT2D eigenvalue weighted by molar-refractivity contribution is 5.58. The molecule has 0 fully saturated rings. The molecule has 0 aliphatic heterocycles. The molecule has 0 aliphatic rings. The van der Waals surface area contributed by atoms with Crippen molar-refractivity contribution < 1.29 is 0 Å². The zero-order valence-corrected chi connectivity index (χ0v) is 10.9. The molecule has 0 saturated carbocycles. The normalized spacial score (nSPS) is 9.89. The topological polar surface area (TPSA) is 74.7 Å². The zero-order chi connectivity index (χ0) is 13.7. The lowest BCUT2D eigenvalue weighted by Gasteiger charge is -2.09. The van der Waals surface area contributed by atoms with Crippen LogP contribution in [-0.4, -0.2) is 4.98 Å². The molecule has 96 valence electrons. The van der Waals surface area contributed by atoms with E-state index in [0.29, 0.717) is 18.7 Å². The lowest BCUT2D eigenvalue weighted by Crippen LogP contribution is -2.03. The Morgan fingerprint density at radius 1 is 1.32 bits per heavy atom. The molecular formula is C15H16N4. The molecule has 2 aromatic rings. The van der Waals surface area contributed by atoms with Crippen LogP contribution in [0.2, 0.25) is 0 Å². The molecule has 0 aliphatic carbocycles. The highest BCUT2D eigenvalue weighted by Gasteiger charge is 2.01. The van der Waals surface area contributed by atoms with E-state index in [0.717, 1.165) is 22.6 Å². The number of hydrogen-bond donors (Lipinski definition) is 2. The predicted octanol–water partition coefficient (Wildman–Crippen LogP) is 2.65. The number of anilines is 2. The Morgan fingerprint density at radius 3 is 2.89 bits per heavy atom. The molecule has 1 aromatic carbocycles. The van der Waals surface area contributed by atoms with Gasteiger partial charge in [0.2, 0.25) is 0 Å². The van der Waals surface area contributed by atoms with Gasteiger partial charge in [-0.15, -0.1) is 0 Å². The van der Waals surface area contributed by atoms with Gasteiger partial charge in [-0.25, -0.2) is 0 Å². The number of hydrogen-bond acceptors (Lipinski definition) is 4. The van der Waals surface area contributed by atoms with Gasteiger partial charge in [0.1, 0.15) is 0 Å². The van der Waals surface area contributed by atoms with Crippen molar-refractivity contribution in [3.05, 3.63) is 53.3 Å². The van der Waals surface area contributed by atoms with Gasteiger partial charge in [-0.3, -0.25) is 4.98 Å². The average molecular weight is 252 g/mol. The van der Waals surface area contributed by atoms with Crippen LogP contribution in [0.4, 0.5) is 11.4 Å². The van der Waals surface area contributed by atoms with Gasteiger partial charge in [0, 0.05) is 17.1 Å². The summed E-state index contributed by atoms with van der Waals surface area (Å²) in [6.07, 6.45) is 0.323. The smallest absolute Gasteiger partial charge is 0.0670 e. The number of rotatable bonds is 4. The maximum atomic E-state index is 8.74. The van der Waals surface area contributed by atoms with Crippen molar-refractivity contribution >= 4 is 11.4 Å². The molecule has 4 heteroatoms. The van der Waals surface area contributed by atoms with Crippen LogP contribution >= 0.6 is 0 Å². The lowest BCUT2D eigenvalue weighted by atomic mass is 10.1. The standard InChI is InChI=1S/C15H16N4/c1-11-3-2-4-14(19-11)10-18-13-5-6-15(17)12(9-13)7-8-16/h2-6,9,18H,7,10,17H2,1H3. The first-order valence-corrected chi connectivity index (χ1v) is 6.11. The van der Waals surface area contributed by atoms with E-state index >= 15 is 0 Å². The first-order chi connectivity index (χ1) is 9.19. The second-order valence-electron chi connectivity index (χ2n) is 4.37. The number of nitrogens with zero attached hydrogens (tertiary/aromatic N) is 2. The van der Waals surface area contributed by atoms with Crippen molar-refractivity contribution in [2.75, 3.05) is 11.1 Å². The van der Waals surface area contributed by atoms with Crippen molar-refractivity contribution in [3.63, 3.8) is 0 Å². The summed E-state index contributed by atoms with van der Waals surface area (Å²) in [6, 6.07) is 13.7. The molecule has 1 aromatic heterocycles. The third-order valence-electron chi connectivity index (χ3n) is 2.83. The van der Waals surface area contributed by atoms with E-state index in [9.17, 15) is 0 Å². The zero-order valence-electron chi connectivity index (χ0n) is 10.9. The highest BCUT2D eigenvalue weighted by Crippen LogP contribution is 2.18. The fourth-order valence-electron chi connectivity index (χ4n) is 1.84. The summed E-state index contributed by atoms with van der Waals surface area (Å²) >= 11 is 0. The summed E-state index contributed by atoms with van der Waals surface area (Å²) in [7, 11) is 0. The van der Waals surface area contributed by atoms with Gasteiger partial charge in [-0.2, -0.15) is 5.26 Å². The molecule has 3 N–H and O–H groups in total. The van der Waals surface area contributed by atoms with Gasteiger partial charge >= 0.3 is 0 Å². The fourth-order valence-corrected chi connectivity index (χ4v) is 1.84. The van der Waals surface area contributed by atoms with E-state index in [1.165, 1.54) is 0 Å². The molecule has 2 rings (SSSR count). The third kappa shape index (κ3) is 3.46. The molecular weight excluding hydrogens is 236 g/mol. The Labute approximate surface area is 112 Å². The van der Waals surface area contributed by atoms with Gasteiger partial charge in [-0.1, -0.05) is 6.07 Å². The Balaban J connectivity index is 2.08. The first kappa shape index (κ1) is 12.9. The molecule has 1 heterocycles. The molecule has 0 atom stereocenters. The number of nitrogens with two attached hydrogens (primary N) is 1. The van der Waals surface area contributed by atoms with E-state index in [2.05, 4.69) is 16.4 Å². The maximum Gasteiger partial charge on any atom is 0.0670 e. The number of aryl methyl sites for hydroxylation is 1. The van der Waals surface area contributed by atoms with Gasteiger partial charge in [0.15, 0.2) is 0 Å². The van der Waals surface area contributed by atoms with Gasteiger partial charge < -0.3 is 11.1 Å². The van der Waals surface area contributed by atoms with Crippen LogP contribution < -0.4 is 11.1 Å². The second kappa shape index (κ2) is 5.87. The predicted molar refractivity (Wildman–Crippen MR) is 76.5 cm³/mol. The maximum absolute atomic E-state index is 8.74. The van der Waals surface area contributed by atoms with Gasteiger partial charge in [0.05, 0.1) is 24.7 Å². The molecule has 0 saturated heterocycles. The van der Waals surface area contributed by atoms with Gasteiger partial charge in [0.25, 0.3) is 0 Å². The summed E-state index contributed by atoms with van der Waals surface area (Å²) in [5.41, 5.74) is 10.3. The molecule has 19 heavy (non-hydrogen) atoms. The minimum Gasteiger partial charge on any atom is -0.398 e. The Hall–Kier alpha value is -2.54. The molecule has 0 unspecified atom stereocenters. The summed E-state index contributed by atoms with van der Waals surface area (Å²) in [5.74, 6) is 0. The van der Waals surface area contributed by atoms with Crippen LogP contribution in [0.25, 0.3) is 0 Å². The van der Waals surface area contributed by atoms with Crippen molar-refractivity contribution in [2.45, 2.75) is 19.9 Å². The molecule has 4 nitrogen and oxygen atoms in total. The van der Waals surface area contributed by atoms with E-state index in [1.54, 1.807) is 0 Å². The molecule has 0 bridgehead atoms. The Morgan fingerprint density at radius 2 is 2.16 bits per heavy atom.